The molecule has 0 aromatic heterocycles. The molecule has 0 bridgehead atoms. The van der Waals surface area contributed by atoms with Crippen molar-refractivity contribution in [3.63, 3.8) is 0 Å². The van der Waals surface area contributed by atoms with E-state index >= 15 is 0 Å². The van der Waals surface area contributed by atoms with E-state index in [1.54, 1.807) is 6.92 Å². The van der Waals surface area contributed by atoms with Gasteiger partial charge in [-0.1, -0.05) is 24.3 Å². The number of carboxylic acid groups (broad SMARTS) is 1. The van der Waals surface area contributed by atoms with Crippen molar-refractivity contribution in [1.29, 1.82) is 0 Å². The summed E-state index contributed by atoms with van der Waals surface area (Å²) in [7, 11) is 0. The average Bonchev–Trinajstić information content (AvgIpc) is 2.44. The molecule has 1 amide bonds. The monoisotopic (exact) mass is 277 g/mol. The Morgan fingerprint density at radius 1 is 1.45 bits per heavy atom. The Morgan fingerprint density at radius 2 is 2.20 bits per heavy atom. The summed E-state index contributed by atoms with van der Waals surface area (Å²) >= 11 is 0. The minimum atomic E-state index is -0.856. The second-order valence-corrected chi connectivity index (χ2v) is 5.04. The number of amides is 1. The highest BCUT2D eigenvalue weighted by Crippen LogP contribution is 2.27. The Morgan fingerprint density at radius 3 is 2.95 bits per heavy atom. The summed E-state index contributed by atoms with van der Waals surface area (Å²) < 4.78 is 5.56. The van der Waals surface area contributed by atoms with Gasteiger partial charge in [0.15, 0.2) is 6.10 Å². The lowest BCUT2D eigenvalue weighted by Gasteiger charge is -2.26. The van der Waals surface area contributed by atoms with Crippen molar-refractivity contribution in [2.75, 3.05) is 6.61 Å². The molecule has 0 aliphatic carbocycles. The van der Waals surface area contributed by atoms with Crippen molar-refractivity contribution in [2.45, 2.75) is 38.3 Å². The van der Waals surface area contributed by atoms with Crippen LogP contribution in [0.3, 0.4) is 0 Å². The fourth-order valence-electron chi connectivity index (χ4n) is 2.34. The van der Waals surface area contributed by atoms with E-state index < -0.39 is 12.1 Å². The largest absolute Gasteiger partial charge is 0.481 e. The first-order valence-electron chi connectivity index (χ1n) is 6.79. The number of aliphatic carboxylic acids is 1. The lowest BCUT2D eigenvalue weighted by molar-refractivity contribution is -0.138. The van der Waals surface area contributed by atoms with Crippen molar-refractivity contribution in [3.8, 4) is 0 Å². The highest BCUT2D eigenvalue weighted by atomic mass is 16.5. The molecule has 1 aromatic rings. The van der Waals surface area contributed by atoms with Gasteiger partial charge in [0, 0.05) is 12.5 Å². The van der Waals surface area contributed by atoms with Gasteiger partial charge in [-0.05, 0) is 30.9 Å². The van der Waals surface area contributed by atoms with Gasteiger partial charge in [-0.25, -0.2) is 0 Å². The van der Waals surface area contributed by atoms with Crippen LogP contribution in [0.1, 0.15) is 37.0 Å². The quantitative estimate of drug-likeness (QED) is 0.858. The molecule has 1 aromatic carbocycles. The third-order valence-electron chi connectivity index (χ3n) is 3.41. The summed E-state index contributed by atoms with van der Waals surface area (Å²) in [6.45, 7) is 2.33. The fraction of sp³-hybridized carbons (Fsp3) is 0.467. The first-order valence-corrected chi connectivity index (χ1v) is 6.79. The van der Waals surface area contributed by atoms with E-state index in [2.05, 4.69) is 5.32 Å². The zero-order valence-corrected chi connectivity index (χ0v) is 11.5. The number of rotatable bonds is 5. The van der Waals surface area contributed by atoms with Crippen LogP contribution < -0.4 is 5.32 Å². The molecule has 1 aliphatic heterocycles. The van der Waals surface area contributed by atoms with E-state index in [1.807, 2.05) is 24.3 Å². The summed E-state index contributed by atoms with van der Waals surface area (Å²) in [5, 5.41) is 11.5. The molecule has 2 N–H and O–H groups in total. The molecule has 5 heteroatoms. The predicted molar refractivity (Wildman–Crippen MR) is 73.3 cm³/mol. The minimum Gasteiger partial charge on any atom is -0.481 e. The summed E-state index contributed by atoms with van der Waals surface area (Å²) in [6.07, 6.45) is 0.681. The minimum absolute atomic E-state index is 0.0452. The number of hydrogen-bond acceptors (Lipinski definition) is 3. The van der Waals surface area contributed by atoms with Crippen LogP contribution in [0.2, 0.25) is 0 Å². The first-order chi connectivity index (χ1) is 9.58. The molecular formula is C15H19NO4. The Kier molecular flexibility index (Phi) is 4.74. The zero-order valence-electron chi connectivity index (χ0n) is 11.5. The molecule has 2 atom stereocenters. The SMILES string of the molecule is CC(CCC(=O)O)NC(=O)C1OCCc2ccccc21. The number of nitrogens with one attached hydrogen (secondary N) is 1. The van der Waals surface area contributed by atoms with Crippen LogP contribution in [0.15, 0.2) is 24.3 Å². The van der Waals surface area contributed by atoms with Crippen LogP contribution in [-0.4, -0.2) is 29.6 Å². The average molecular weight is 277 g/mol. The Hall–Kier alpha value is -1.88. The Bertz CT molecular complexity index is 500. The molecule has 1 aliphatic rings. The van der Waals surface area contributed by atoms with Gasteiger partial charge in [0.1, 0.15) is 0 Å². The van der Waals surface area contributed by atoms with Crippen LogP contribution >= 0.6 is 0 Å². The number of carbonyl (C=O) groups is 2. The summed E-state index contributed by atoms with van der Waals surface area (Å²) in [4.78, 5) is 22.7. The number of carboxylic acids is 1. The van der Waals surface area contributed by atoms with Gasteiger partial charge in [-0.3, -0.25) is 9.59 Å². The van der Waals surface area contributed by atoms with Crippen LogP contribution in [0.5, 0.6) is 0 Å². The third-order valence-corrected chi connectivity index (χ3v) is 3.41. The second-order valence-electron chi connectivity index (χ2n) is 5.04. The van der Waals surface area contributed by atoms with Crippen LogP contribution in [0.4, 0.5) is 0 Å². The van der Waals surface area contributed by atoms with E-state index in [0.717, 1.165) is 17.5 Å². The summed E-state index contributed by atoms with van der Waals surface area (Å²) in [5.41, 5.74) is 2.04. The number of hydrogen-bond donors (Lipinski definition) is 2. The zero-order chi connectivity index (χ0) is 14.5. The Balaban J connectivity index is 1.98. The summed E-state index contributed by atoms with van der Waals surface area (Å²) in [5.74, 6) is -1.06. The molecule has 5 nitrogen and oxygen atoms in total. The predicted octanol–water partition coefficient (Wildman–Crippen LogP) is 1.67. The number of carbonyl (C=O) groups excluding carboxylic acids is 1. The topological polar surface area (TPSA) is 75.6 Å². The highest BCUT2D eigenvalue weighted by molar-refractivity contribution is 5.83. The van der Waals surface area contributed by atoms with E-state index in [4.69, 9.17) is 9.84 Å². The smallest absolute Gasteiger partial charge is 0.303 e. The lowest BCUT2D eigenvalue weighted by Crippen LogP contribution is -2.39. The molecular weight excluding hydrogens is 258 g/mol. The molecule has 0 radical (unpaired) electrons. The van der Waals surface area contributed by atoms with E-state index in [1.165, 1.54) is 0 Å². The number of fused-ring (bicyclic) bond motifs is 1. The van der Waals surface area contributed by atoms with Crippen LogP contribution in [-0.2, 0) is 20.7 Å². The maximum atomic E-state index is 12.2. The Labute approximate surface area is 117 Å². The molecule has 20 heavy (non-hydrogen) atoms. The molecule has 1 heterocycles. The number of benzene rings is 1. The molecule has 2 rings (SSSR count). The highest BCUT2D eigenvalue weighted by Gasteiger charge is 2.27. The molecule has 0 fully saturated rings. The van der Waals surface area contributed by atoms with E-state index in [9.17, 15) is 9.59 Å². The van der Waals surface area contributed by atoms with Crippen molar-refractivity contribution in [1.82, 2.24) is 5.32 Å². The lowest BCUT2D eigenvalue weighted by atomic mass is 9.97. The molecule has 0 saturated carbocycles. The third kappa shape index (κ3) is 3.57. The van der Waals surface area contributed by atoms with Crippen molar-refractivity contribution in [2.24, 2.45) is 0 Å². The van der Waals surface area contributed by atoms with Gasteiger partial charge in [0.05, 0.1) is 6.61 Å². The van der Waals surface area contributed by atoms with E-state index in [-0.39, 0.29) is 18.4 Å². The normalized spacial score (nSPS) is 18.9. The maximum Gasteiger partial charge on any atom is 0.303 e. The second kappa shape index (κ2) is 6.52. The molecule has 2 unspecified atom stereocenters. The molecule has 0 saturated heterocycles. The van der Waals surface area contributed by atoms with Gasteiger partial charge < -0.3 is 15.2 Å². The van der Waals surface area contributed by atoms with Gasteiger partial charge in [0.25, 0.3) is 5.91 Å². The van der Waals surface area contributed by atoms with Crippen LogP contribution in [0, 0.1) is 0 Å². The standard InChI is InChI=1S/C15H19NO4/c1-10(6-7-13(17)18)16-15(19)14-12-5-3-2-4-11(12)8-9-20-14/h2-5,10,14H,6-9H2,1H3,(H,16,19)(H,17,18). The van der Waals surface area contributed by atoms with Crippen molar-refractivity contribution < 1.29 is 19.4 Å². The van der Waals surface area contributed by atoms with Crippen molar-refractivity contribution in [3.05, 3.63) is 35.4 Å². The van der Waals surface area contributed by atoms with Gasteiger partial charge in [0.2, 0.25) is 0 Å². The number of ether oxygens (including phenoxy) is 1. The van der Waals surface area contributed by atoms with Crippen molar-refractivity contribution >= 4 is 11.9 Å². The fourth-order valence-corrected chi connectivity index (χ4v) is 2.34. The van der Waals surface area contributed by atoms with Gasteiger partial charge in [-0.2, -0.15) is 0 Å². The first kappa shape index (κ1) is 14.5. The van der Waals surface area contributed by atoms with Gasteiger partial charge in [-0.15, -0.1) is 0 Å². The molecule has 0 spiro atoms. The maximum absolute atomic E-state index is 12.2. The van der Waals surface area contributed by atoms with E-state index in [0.29, 0.717) is 13.0 Å². The van der Waals surface area contributed by atoms with Gasteiger partial charge >= 0.3 is 5.97 Å². The molecule has 108 valence electrons. The van der Waals surface area contributed by atoms with Crippen LogP contribution in [0.25, 0.3) is 0 Å². The summed E-state index contributed by atoms with van der Waals surface area (Å²) in [6, 6.07) is 7.57.